The van der Waals surface area contributed by atoms with Gasteiger partial charge in [-0.2, -0.15) is 0 Å². The fourth-order valence-corrected chi connectivity index (χ4v) is 0.871. The molecule has 62 valence electrons. The number of hydrogen-bond acceptors (Lipinski definition) is 3. The van der Waals surface area contributed by atoms with Crippen molar-refractivity contribution < 1.29 is 15.1 Å². The normalized spacial score (nSPS) is 20.9. The molecule has 6 nitrogen and oxygen atoms in total. The maximum absolute atomic E-state index is 10.2. The van der Waals surface area contributed by atoms with E-state index in [0.717, 1.165) is 0 Å². The Morgan fingerprint density at radius 1 is 1.64 bits per heavy atom. The molecule has 0 unspecified atom stereocenters. The molecule has 1 amide bonds. The van der Waals surface area contributed by atoms with Crippen molar-refractivity contribution in [3.63, 3.8) is 0 Å². The van der Waals surface area contributed by atoms with Gasteiger partial charge in [0.2, 0.25) is 0 Å². The minimum absolute atomic E-state index is 0.0695. The molecule has 6 heteroatoms. The summed E-state index contributed by atoms with van der Waals surface area (Å²) in [6, 6.07) is 0. The molecule has 0 spiro atoms. The van der Waals surface area contributed by atoms with Crippen LogP contribution in [0.5, 0.6) is 0 Å². The van der Waals surface area contributed by atoms with E-state index in [1.54, 1.807) is 0 Å². The molecule has 5 N–H and O–H groups in total. The average molecular weight is 159 g/mol. The minimum atomic E-state index is -1.16. The van der Waals surface area contributed by atoms with Crippen LogP contribution in [-0.2, 0) is 0 Å². The monoisotopic (exact) mass is 159 g/mol. The molecule has 0 aliphatic heterocycles. The van der Waals surface area contributed by atoms with E-state index in [-0.39, 0.29) is 5.84 Å². The summed E-state index contributed by atoms with van der Waals surface area (Å²) in [6.45, 7) is 0. The second kappa shape index (κ2) is 2.30. The molecule has 0 radical (unpaired) electrons. The molecule has 1 aliphatic rings. The van der Waals surface area contributed by atoms with E-state index < -0.39 is 11.6 Å². The van der Waals surface area contributed by atoms with Crippen LogP contribution in [0.25, 0.3) is 0 Å². The van der Waals surface area contributed by atoms with Gasteiger partial charge in [-0.05, 0) is 12.8 Å². The lowest BCUT2D eigenvalue weighted by Gasteiger charge is -2.11. The topological polar surface area (TPSA) is 108 Å². The summed E-state index contributed by atoms with van der Waals surface area (Å²) in [5, 5.41) is 21.5. The standard InChI is InChI=1S/C5H9N3O3/c6-3(8-11)5(1-2-5)7-4(9)10/h7,11H,1-2H2,(H2,6,8)(H,9,10). The maximum atomic E-state index is 10.2. The number of nitrogens with two attached hydrogens (primary N) is 1. The quantitative estimate of drug-likeness (QED) is 0.189. The predicted molar refractivity (Wildman–Crippen MR) is 36.5 cm³/mol. The van der Waals surface area contributed by atoms with Crippen LogP contribution in [-0.4, -0.2) is 27.8 Å². The summed E-state index contributed by atoms with van der Waals surface area (Å²) in [6.07, 6.45) is 0.0267. The van der Waals surface area contributed by atoms with E-state index in [1.807, 2.05) is 0 Å². The zero-order valence-electron chi connectivity index (χ0n) is 5.74. The smallest absolute Gasteiger partial charge is 0.405 e. The lowest BCUT2D eigenvalue weighted by atomic mass is 10.2. The summed E-state index contributed by atoms with van der Waals surface area (Å²) >= 11 is 0. The van der Waals surface area contributed by atoms with Gasteiger partial charge in [0.05, 0.1) is 0 Å². The molecular weight excluding hydrogens is 150 g/mol. The lowest BCUT2D eigenvalue weighted by Crippen LogP contribution is -2.46. The van der Waals surface area contributed by atoms with Crippen LogP contribution < -0.4 is 11.1 Å². The van der Waals surface area contributed by atoms with Crippen LogP contribution >= 0.6 is 0 Å². The predicted octanol–water partition coefficient (Wildman–Crippen LogP) is -0.467. The molecule has 1 saturated carbocycles. The molecule has 0 aromatic carbocycles. The Bertz CT molecular complexity index is 209. The molecule has 0 bridgehead atoms. The van der Waals surface area contributed by atoms with E-state index in [1.165, 1.54) is 0 Å². The molecule has 0 saturated heterocycles. The molecule has 0 aromatic heterocycles. The van der Waals surface area contributed by atoms with Crippen molar-refractivity contribution in [1.29, 1.82) is 0 Å². The highest BCUT2D eigenvalue weighted by Gasteiger charge is 2.48. The first-order valence-corrected chi connectivity index (χ1v) is 3.10. The average Bonchev–Trinajstić information content (AvgIpc) is 2.67. The molecule has 1 fully saturated rings. The van der Waals surface area contributed by atoms with E-state index in [4.69, 9.17) is 16.0 Å². The third-order valence-electron chi connectivity index (χ3n) is 1.69. The third kappa shape index (κ3) is 1.34. The number of nitrogens with one attached hydrogen (secondary N) is 1. The highest BCUT2D eigenvalue weighted by Crippen LogP contribution is 2.35. The van der Waals surface area contributed by atoms with Crippen molar-refractivity contribution in [2.24, 2.45) is 10.9 Å². The molecule has 0 aromatic rings. The molecule has 11 heavy (non-hydrogen) atoms. The van der Waals surface area contributed by atoms with Gasteiger partial charge >= 0.3 is 6.09 Å². The number of amidine groups is 1. The van der Waals surface area contributed by atoms with Crippen LogP contribution in [0.1, 0.15) is 12.8 Å². The first-order valence-electron chi connectivity index (χ1n) is 3.10. The van der Waals surface area contributed by atoms with Gasteiger partial charge in [-0.3, -0.25) is 0 Å². The first-order chi connectivity index (χ1) is 5.10. The van der Waals surface area contributed by atoms with Crippen molar-refractivity contribution in [3.8, 4) is 0 Å². The van der Waals surface area contributed by atoms with Gasteiger partial charge < -0.3 is 21.4 Å². The van der Waals surface area contributed by atoms with Crippen molar-refractivity contribution in [3.05, 3.63) is 0 Å². The van der Waals surface area contributed by atoms with Crippen LogP contribution in [0, 0.1) is 0 Å². The molecule has 0 atom stereocenters. The van der Waals surface area contributed by atoms with E-state index in [9.17, 15) is 4.79 Å². The van der Waals surface area contributed by atoms with Gasteiger partial charge in [0.15, 0.2) is 5.84 Å². The van der Waals surface area contributed by atoms with Crippen molar-refractivity contribution in [1.82, 2.24) is 5.32 Å². The fourth-order valence-electron chi connectivity index (χ4n) is 0.871. The summed E-state index contributed by atoms with van der Waals surface area (Å²) in [7, 11) is 0. The number of rotatable bonds is 2. The highest BCUT2D eigenvalue weighted by atomic mass is 16.4. The van der Waals surface area contributed by atoms with Gasteiger partial charge in [-0.1, -0.05) is 5.16 Å². The molecule has 1 rings (SSSR count). The van der Waals surface area contributed by atoms with Gasteiger partial charge in [0.25, 0.3) is 0 Å². The Labute approximate surface area is 62.7 Å². The summed E-state index contributed by atoms with van der Waals surface area (Å²) in [5.74, 6) is -0.0695. The number of hydrogen-bond donors (Lipinski definition) is 4. The fraction of sp³-hybridized carbons (Fsp3) is 0.600. The Morgan fingerprint density at radius 2 is 2.18 bits per heavy atom. The number of carboxylic acid groups (broad SMARTS) is 1. The van der Waals surface area contributed by atoms with E-state index in [2.05, 4.69) is 10.5 Å². The minimum Gasteiger partial charge on any atom is -0.465 e. The summed E-state index contributed by atoms with van der Waals surface area (Å²) in [4.78, 5) is 10.2. The molecule has 0 heterocycles. The van der Waals surface area contributed by atoms with Gasteiger partial charge in [0, 0.05) is 0 Å². The first kappa shape index (κ1) is 7.64. The lowest BCUT2D eigenvalue weighted by molar-refractivity contribution is 0.191. The van der Waals surface area contributed by atoms with Crippen LogP contribution in [0.15, 0.2) is 5.16 Å². The van der Waals surface area contributed by atoms with Crippen molar-refractivity contribution in [2.45, 2.75) is 18.4 Å². The highest BCUT2D eigenvalue weighted by molar-refractivity contribution is 5.95. The summed E-state index contributed by atoms with van der Waals surface area (Å²) in [5.41, 5.74) is 4.44. The number of nitrogens with zero attached hydrogens (tertiary/aromatic N) is 1. The van der Waals surface area contributed by atoms with Crippen molar-refractivity contribution >= 4 is 11.9 Å². The van der Waals surface area contributed by atoms with Crippen LogP contribution in [0.2, 0.25) is 0 Å². The van der Waals surface area contributed by atoms with E-state index >= 15 is 0 Å². The second-order valence-corrected chi connectivity index (χ2v) is 2.50. The van der Waals surface area contributed by atoms with Crippen molar-refractivity contribution in [2.75, 3.05) is 0 Å². The Morgan fingerprint density at radius 3 is 2.45 bits per heavy atom. The molecular formula is C5H9N3O3. The Kier molecular flexibility index (Phi) is 1.60. The number of carbonyl (C=O) groups is 1. The van der Waals surface area contributed by atoms with Gasteiger partial charge in [-0.15, -0.1) is 0 Å². The zero-order chi connectivity index (χ0) is 8.48. The maximum Gasteiger partial charge on any atom is 0.405 e. The summed E-state index contributed by atoms with van der Waals surface area (Å²) < 4.78 is 0. The Balaban J connectivity index is 2.61. The van der Waals surface area contributed by atoms with Gasteiger partial charge in [0.1, 0.15) is 5.54 Å². The van der Waals surface area contributed by atoms with Crippen LogP contribution in [0.4, 0.5) is 4.79 Å². The molecule has 1 aliphatic carbocycles. The second-order valence-electron chi connectivity index (χ2n) is 2.50. The van der Waals surface area contributed by atoms with Gasteiger partial charge in [-0.25, -0.2) is 4.79 Å². The van der Waals surface area contributed by atoms with E-state index in [0.29, 0.717) is 12.8 Å². The Hall–Kier alpha value is -1.46. The SMILES string of the molecule is N/C(=N\O)C1(NC(=O)O)CC1. The number of oxime groups is 1. The zero-order valence-corrected chi connectivity index (χ0v) is 5.74. The van der Waals surface area contributed by atoms with Crippen LogP contribution in [0.3, 0.4) is 0 Å². The number of amides is 1. The largest absolute Gasteiger partial charge is 0.465 e. The third-order valence-corrected chi connectivity index (χ3v) is 1.69.